The summed E-state index contributed by atoms with van der Waals surface area (Å²) in [4.78, 5) is 47.6. The number of ether oxygens (including phenoxy) is 2. The van der Waals surface area contributed by atoms with Crippen LogP contribution in [-0.4, -0.2) is 55.1 Å². The Morgan fingerprint density at radius 2 is 1.88 bits per heavy atom. The standard InChI is InChI=1S/C21H23N5O6/c1-14(21(30)32-11-15-5-3-2-4-6-15)25-16(27)7-8-17(28)31-10-9-26-13-24-18-19(26)22-12-23-20(18)29/h2-6,12-14H,7-11H2,1H3,(H,25,27)(H,22,23,29). The highest BCUT2D eigenvalue weighted by atomic mass is 16.5. The third-order valence-electron chi connectivity index (χ3n) is 4.49. The normalized spacial score (nSPS) is 11.7. The third-order valence-corrected chi connectivity index (χ3v) is 4.49. The molecular weight excluding hydrogens is 418 g/mol. The molecule has 2 heterocycles. The van der Waals surface area contributed by atoms with Gasteiger partial charge < -0.3 is 24.5 Å². The molecule has 0 aliphatic carbocycles. The van der Waals surface area contributed by atoms with E-state index >= 15 is 0 Å². The molecule has 0 saturated carbocycles. The summed E-state index contributed by atoms with van der Waals surface area (Å²) in [5, 5.41) is 12.1. The summed E-state index contributed by atoms with van der Waals surface area (Å²) in [5.74, 6) is -1.80. The van der Waals surface area contributed by atoms with Crippen LogP contribution in [-0.2, 0) is 37.0 Å². The van der Waals surface area contributed by atoms with E-state index in [4.69, 9.17) is 9.47 Å². The smallest absolute Gasteiger partial charge is 0.328 e. The van der Waals surface area contributed by atoms with Crippen molar-refractivity contribution in [1.82, 2.24) is 24.8 Å². The second kappa shape index (κ2) is 10.8. The van der Waals surface area contributed by atoms with Crippen LogP contribution in [0.1, 0.15) is 25.3 Å². The molecule has 168 valence electrons. The van der Waals surface area contributed by atoms with E-state index in [1.807, 2.05) is 30.3 Å². The second-order valence-electron chi connectivity index (χ2n) is 6.91. The van der Waals surface area contributed by atoms with Gasteiger partial charge in [-0.2, -0.15) is 4.98 Å². The lowest BCUT2D eigenvalue weighted by Gasteiger charge is -2.13. The van der Waals surface area contributed by atoms with Gasteiger partial charge in [0.2, 0.25) is 11.8 Å². The van der Waals surface area contributed by atoms with E-state index in [9.17, 15) is 19.5 Å². The Balaban J connectivity index is 1.33. The van der Waals surface area contributed by atoms with Gasteiger partial charge in [0.05, 0.1) is 19.3 Å². The number of amides is 1. The number of aromatic hydroxyl groups is 1. The van der Waals surface area contributed by atoms with Crippen molar-refractivity contribution in [2.75, 3.05) is 6.61 Å². The van der Waals surface area contributed by atoms with Gasteiger partial charge in [-0.15, -0.1) is 0 Å². The Hall–Kier alpha value is -4.02. The van der Waals surface area contributed by atoms with Crippen LogP contribution in [0, 0.1) is 0 Å². The Labute approximate surface area is 183 Å². The maximum atomic E-state index is 12.0. The van der Waals surface area contributed by atoms with Gasteiger partial charge in [0.15, 0.2) is 11.2 Å². The topological polar surface area (TPSA) is 146 Å². The van der Waals surface area contributed by atoms with Crippen LogP contribution < -0.4 is 5.32 Å². The SMILES string of the molecule is CC(NC(=O)CCC(=O)OCCn1cnc2c(O)ncnc21)C(=O)OCc1ccccc1. The van der Waals surface area contributed by atoms with Gasteiger partial charge in [-0.25, -0.2) is 14.8 Å². The van der Waals surface area contributed by atoms with Gasteiger partial charge in [0.1, 0.15) is 25.6 Å². The number of carbonyl (C=O) groups excluding carboxylic acids is 3. The first-order valence-corrected chi connectivity index (χ1v) is 9.94. The number of rotatable bonds is 10. The van der Waals surface area contributed by atoms with Crippen LogP contribution >= 0.6 is 0 Å². The first kappa shape index (κ1) is 22.7. The van der Waals surface area contributed by atoms with Gasteiger partial charge in [-0.3, -0.25) is 9.59 Å². The highest BCUT2D eigenvalue weighted by Crippen LogP contribution is 2.17. The van der Waals surface area contributed by atoms with Crippen LogP contribution in [0.5, 0.6) is 5.88 Å². The summed E-state index contributed by atoms with van der Waals surface area (Å²) >= 11 is 0. The molecule has 3 aromatic rings. The van der Waals surface area contributed by atoms with Gasteiger partial charge in [0, 0.05) is 6.42 Å². The zero-order valence-electron chi connectivity index (χ0n) is 17.4. The van der Waals surface area contributed by atoms with Crippen molar-refractivity contribution in [2.45, 2.75) is 39.0 Å². The van der Waals surface area contributed by atoms with Crippen LogP contribution in [0.25, 0.3) is 11.2 Å². The van der Waals surface area contributed by atoms with Gasteiger partial charge in [-0.1, -0.05) is 30.3 Å². The number of nitrogens with one attached hydrogen (secondary N) is 1. The number of hydrogen-bond acceptors (Lipinski definition) is 9. The molecule has 1 aromatic carbocycles. The largest absolute Gasteiger partial charge is 0.492 e. The molecule has 1 amide bonds. The number of esters is 2. The van der Waals surface area contributed by atoms with Gasteiger partial charge >= 0.3 is 11.9 Å². The lowest BCUT2D eigenvalue weighted by Crippen LogP contribution is -2.39. The monoisotopic (exact) mass is 441 g/mol. The fourth-order valence-corrected chi connectivity index (χ4v) is 2.80. The first-order valence-electron chi connectivity index (χ1n) is 9.94. The molecule has 0 fully saturated rings. The lowest BCUT2D eigenvalue weighted by molar-refractivity contribution is -0.148. The van der Waals surface area contributed by atoms with E-state index in [0.29, 0.717) is 5.65 Å². The molecule has 0 aliphatic rings. The van der Waals surface area contributed by atoms with E-state index < -0.39 is 23.9 Å². The Morgan fingerprint density at radius 1 is 1.09 bits per heavy atom. The summed E-state index contributed by atoms with van der Waals surface area (Å²) in [6.45, 7) is 1.94. The summed E-state index contributed by atoms with van der Waals surface area (Å²) < 4.78 is 11.9. The zero-order valence-corrected chi connectivity index (χ0v) is 17.4. The molecule has 11 nitrogen and oxygen atoms in total. The van der Waals surface area contributed by atoms with Gasteiger partial charge in [0.25, 0.3) is 0 Å². The highest BCUT2D eigenvalue weighted by Gasteiger charge is 2.18. The maximum Gasteiger partial charge on any atom is 0.328 e. The number of aromatic nitrogens is 4. The van der Waals surface area contributed by atoms with Crippen molar-refractivity contribution in [2.24, 2.45) is 0 Å². The molecule has 3 rings (SSSR count). The minimum Gasteiger partial charge on any atom is -0.492 e. The van der Waals surface area contributed by atoms with Gasteiger partial charge in [-0.05, 0) is 12.5 Å². The number of hydrogen-bond donors (Lipinski definition) is 2. The average molecular weight is 441 g/mol. The van der Waals surface area contributed by atoms with Crippen LogP contribution in [0.2, 0.25) is 0 Å². The van der Waals surface area contributed by atoms with E-state index in [0.717, 1.165) is 5.56 Å². The fourth-order valence-electron chi connectivity index (χ4n) is 2.80. The van der Waals surface area contributed by atoms with Crippen molar-refractivity contribution < 1.29 is 29.0 Å². The average Bonchev–Trinajstić information content (AvgIpc) is 3.21. The van der Waals surface area contributed by atoms with Crippen molar-refractivity contribution in [3.63, 3.8) is 0 Å². The zero-order chi connectivity index (χ0) is 22.9. The van der Waals surface area contributed by atoms with E-state index in [2.05, 4.69) is 20.3 Å². The molecule has 2 aromatic heterocycles. The summed E-state index contributed by atoms with van der Waals surface area (Å²) in [7, 11) is 0. The second-order valence-corrected chi connectivity index (χ2v) is 6.91. The molecule has 0 aliphatic heterocycles. The Morgan fingerprint density at radius 3 is 2.66 bits per heavy atom. The molecule has 1 atom stereocenters. The number of benzene rings is 1. The van der Waals surface area contributed by atoms with Crippen molar-refractivity contribution in [1.29, 1.82) is 0 Å². The molecule has 1 unspecified atom stereocenters. The first-order chi connectivity index (χ1) is 15.4. The number of fused-ring (bicyclic) bond motifs is 1. The van der Waals surface area contributed by atoms with Crippen molar-refractivity contribution in [3.05, 3.63) is 48.5 Å². The number of nitrogens with zero attached hydrogens (tertiary/aromatic N) is 4. The predicted octanol–water partition coefficient (Wildman–Crippen LogP) is 1.10. The third kappa shape index (κ3) is 6.24. The maximum absolute atomic E-state index is 12.0. The minimum atomic E-state index is -0.838. The van der Waals surface area contributed by atoms with E-state index in [-0.39, 0.29) is 44.0 Å². The molecular formula is C21H23N5O6. The van der Waals surface area contributed by atoms with Crippen molar-refractivity contribution in [3.8, 4) is 5.88 Å². The number of carbonyl (C=O) groups is 3. The van der Waals surface area contributed by atoms with Crippen LogP contribution in [0.15, 0.2) is 43.0 Å². The quantitative estimate of drug-likeness (QED) is 0.442. The summed E-state index contributed by atoms with van der Waals surface area (Å²) in [6.07, 6.45) is 2.41. The van der Waals surface area contributed by atoms with Crippen LogP contribution in [0.4, 0.5) is 0 Å². The van der Waals surface area contributed by atoms with Crippen LogP contribution in [0.3, 0.4) is 0 Å². The van der Waals surface area contributed by atoms with Crippen molar-refractivity contribution >= 4 is 29.0 Å². The lowest BCUT2D eigenvalue weighted by atomic mass is 10.2. The molecule has 0 spiro atoms. The predicted molar refractivity (Wildman–Crippen MR) is 111 cm³/mol. The summed E-state index contributed by atoms with van der Waals surface area (Å²) in [5.41, 5.74) is 1.52. The Bertz CT molecular complexity index is 1080. The molecule has 32 heavy (non-hydrogen) atoms. The van der Waals surface area contributed by atoms with E-state index in [1.54, 1.807) is 4.57 Å². The minimum absolute atomic E-state index is 0.0406. The fraction of sp³-hybridized carbons (Fsp3) is 0.333. The molecule has 0 bridgehead atoms. The highest BCUT2D eigenvalue weighted by molar-refractivity contribution is 5.86. The molecule has 0 saturated heterocycles. The Kier molecular flexibility index (Phi) is 7.68. The molecule has 2 N–H and O–H groups in total. The van der Waals surface area contributed by atoms with E-state index in [1.165, 1.54) is 19.6 Å². The summed E-state index contributed by atoms with van der Waals surface area (Å²) in [6, 6.07) is 8.35. The molecule has 11 heteroatoms. The number of imidazole rings is 1. The molecule has 0 radical (unpaired) electrons.